The molecule has 1 unspecified atom stereocenters. The molecule has 1 atom stereocenters. The van der Waals surface area contributed by atoms with Crippen molar-refractivity contribution >= 4 is 11.9 Å². The Morgan fingerprint density at radius 2 is 1.96 bits per heavy atom. The van der Waals surface area contributed by atoms with E-state index >= 15 is 0 Å². The first kappa shape index (κ1) is 16.2. The number of carbonyl (C=O) groups is 1. The van der Waals surface area contributed by atoms with Crippen LogP contribution in [-0.4, -0.2) is 39.9 Å². The highest BCUT2D eigenvalue weighted by atomic mass is 16.2. The van der Waals surface area contributed by atoms with Crippen molar-refractivity contribution in [2.75, 3.05) is 18.4 Å². The molecule has 2 heterocycles. The maximum Gasteiger partial charge on any atom is 0.272 e. The van der Waals surface area contributed by atoms with Gasteiger partial charge in [-0.25, -0.2) is 9.97 Å². The largest absolute Gasteiger partial charge is 0.351 e. The van der Waals surface area contributed by atoms with Crippen LogP contribution in [-0.2, 0) is 0 Å². The van der Waals surface area contributed by atoms with E-state index in [2.05, 4.69) is 22.2 Å². The lowest BCUT2D eigenvalue weighted by Crippen LogP contribution is -2.39. The summed E-state index contributed by atoms with van der Waals surface area (Å²) >= 11 is 0. The second kappa shape index (κ2) is 7.75. The van der Waals surface area contributed by atoms with Gasteiger partial charge in [0, 0.05) is 25.3 Å². The second-order valence-electron chi connectivity index (χ2n) is 7.10. The van der Waals surface area contributed by atoms with Crippen molar-refractivity contribution in [3.8, 4) is 0 Å². The molecule has 1 N–H and O–H groups in total. The second-order valence-corrected chi connectivity index (χ2v) is 7.10. The van der Waals surface area contributed by atoms with Gasteiger partial charge in [0.2, 0.25) is 5.95 Å². The first-order valence-electron chi connectivity index (χ1n) is 9.11. The molecule has 5 heteroatoms. The number of rotatable bonds is 3. The molecular weight excluding hydrogens is 288 g/mol. The fourth-order valence-electron chi connectivity index (χ4n) is 3.69. The SMILES string of the molecule is CC1CCCN(C(=O)c2ccnc(NC3CCCCCC3)n2)C1. The van der Waals surface area contributed by atoms with E-state index < -0.39 is 0 Å². The highest BCUT2D eigenvalue weighted by Gasteiger charge is 2.23. The molecule has 2 aliphatic rings. The minimum Gasteiger partial charge on any atom is -0.351 e. The van der Waals surface area contributed by atoms with Crippen molar-refractivity contribution < 1.29 is 4.79 Å². The third-order valence-corrected chi connectivity index (χ3v) is 5.01. The minimum absolute atomic E-state index is 0.0443. The molecule has 1 saturated heterocycles. The summed E-state index contributed by atoms with van der Waals surface area (Å²) in [5.74, 6) is 1.23. The number of aromatic nitrogens is 2. The number of anilines is 1. The lowest BCUT2D eigenvalue weighted by molar-refractivity contribution is 0.0677. The molecular formula is C18H28N4O. The molecule has 0 radical (unpaired) electrons. The Labute approximate surface area is 138 Å². The zero-order valence-electron chi connectivity index (χ0n) is 14.1. The maximum absolute atomic E-state index is 12.7. The van der Waals surface area contributed by atoms with Gasteiger partial charge in [-0.1, -0.05) is 32.6 Å². The van der Waals surface area contributed by atoms with E-state index in [1.807, 2.05) is 4.90 Å². The van der Waals surface area contributed by atoms with E-state index in [4.69, 9.17) is 0 Å². The van der Waals surface area contributed by atoms with Gasteiger partial charge in [0.15, 0.2) is 0 Å². The Hall–Kier alpha value is -1.65. The molecule has 1 aromatic rings. The number of carbonyl (C=O) groups excluding carboxylic acids is 1. The highest BCUT2D eigenvalue weighted by Crippen LogP contribution is 2.20. The third kappa shape index (κ3) is 4.43. The van der Waals surface area contributed by atoms with Crippen LogP contribution in [0, 0.1) is 5.92 Å². The summed E-state index contributed by atoms with van der Waals surface area (Å²) < 4.78 is 0. The quantitative estimate of drug-likeness (QED) is 0.867. The fourth-order valence-corrected chi connectivity index (χ4v) is 3.69. The lowest BCUT2D eigenvalue weighted by atomic mass is 10.00. The zero-order chi connectivity index (χ0) is 16.1. The van der Waals surface area contributed by atoms with E-state index in [0.717, 1.165) is 19.5 Å². The number of hydrogen-bond donors (Lipinski definition) is 1. The summed E-state index contributed by atoms with van der Waals surface area (Å²) in [6, 6.07) is 2.18. The first-order chi connectivity index (χ1) is 11.2. The molecule has 1 aliphatic carbocycles. The predicted octanol–water partition coefficient (Wildman–Crippen LogP) is 3.48. The predicted molar refractivity (Wildman–Crippen MR) is 91.4 cm³/mol. The highest BCUT2D eigenvalue weighted by molar-refractivity contribution is 5.92. The Bertz CT molecular complexity index is 526. The molecule has 1 saturated carbocycles. The number of amides is 1. The van der Waals surface area contributed by atoms with Crippen LogP contribution >= 0.6 is 0 Å². The Morgan fingerprint density at radius 1 is 1.17 bits per heavy atom. The summed E-state index contributed by atoms with van der Waals surface area (Å²) in [4.78, 5) is 23.4. The molecule has 1 amide bonds. The Balaban J connectivity index is 1.65. The topological polar surface area (TPSA) is 58.1 Å². The zero-order valence-corrected chi connectivity index (χ0v) is 14.1. The summed E-state index contributed by atoms with van der Waals surface area (Å²) in [6.45, 7) is 3.89. The summed E-state index contributed by atoms with van der Waals surface area (Å²) in [5.41, 5.74) is 0.519. The summed E-state index contributed by atoms with van der Waals surface area (Å²) in [5, 5.41) is 3.43. The van der Waals surface area contributed by atoms with Crippen molar-refractivity contribution in [2.45, 2.75) is 64.3 Å². The van der Waals surface area contributed by atoms with Crippen LogP contribution < -0.4 is 5.32 Å². The van der Waals surface area contributed by atoms with Gasteiger partial charge in [-0.2, -0.15) is 0 Å². The molecule has 0 aromatic carbocycles. The average molecular weight is 316 g/mol. The van der Waals surface area contributed by atoms with Crippen LogP contribution in [0.15, 0.2) is 12.3 Å². The van der Waals surface area contributed by atoms with Gasteiger partial charge in [0.05, 0.1) is 0 Å². The normalized spacial score (nSPS) is 23.3. The fraction of sp³-hybridized carbons (Fsp3) is 0.722. The number of nitrogens with one attached hydrogen (secondary N) is 1. The van der Waals surface area contributed by atoms with Crippen LogP contribution in [0.2, 0.25) is 0 Å². The van der Waals surface area contributed by atoms with Crippen molar-refractivity contribution in [3.05, 3.63) is 18.0 Å². The molecule has 1 aromatic heterocycles. The number of likely N-dealkylation sites (tertiary alicyclic amines) is 1. The van der Waals surface area contributed by atoms with E-state index in [0.29, 0.717) is 23.6 Å². The van der Waals surface area contributed by atoms with E-state index in [1.165, 1.54) is 44.9 Å². The van der Waals surface area contributed by atoms with Crippen LogP contribution in [0.25, 0.3) is 0 Å². The van der Waals surface area contributed by atoms with Gasteiger partial charge in [-0.3, -0.25) is 4.79 Å². The molecule has 23 heavy (non-hydrogen) atoms. The third-order valence-electron chi connectivity index (χ3n) is 5.01. The van der Waals surface area contributed by atoms with E-state index in [9.17, 15) is 4.79 Å². The van der Waals surface area contributed by atoms with Gasteiger partial charge in [0.25, 0.3) is 5.91 Å². The molecule has 0 bridgehead atoms. The van der Waals surface area contributed by atoms with Crippen molar-refractivity contribution in [1.82, 2.24) is 14.9 Å². The van der Waals surface area contributed by atoms with Gasteiger partial charge < -0.3 is 10.2 Å². The summed E-state index contributed by atoms with van der Waals surface area (Å²) in [7, 11) is 0. The van der Waals surface area contributed by atoms with Gasteiger partial charge in [-0.05, 0) is 37.7 Å². The molecule has 3 rings (SSSR count). The van der Waals surface area contributed by atoms with Gasteiger partial charge in [0.1, 0.15) is 5.69 Å². The van der Waals surface area contributed by atoms with E-state index in [1.54, 1.807) is 12.3 Å². The average Bonchev–Trinajstić information content (AvgIpc) is 2.83. The first-order valence-corrected chi connectivity index (χ1v) is 9.11. The monoisotopic (exact) mass is 316 g/mol. The molecule has 126 valence electrons. The van der Waals surface area contributed by atoms with Crippen LogP contribution in [0.1, 0.15) is 68.8 Å². The number of nitrogens with zero attached hydrogens (tertiary/aromatic N) is 3. The maximum atomic E-state index is 12.7. The van der Waals surface area contributed by atoms with Gasteiger partial charge >= 0.3 is 0 Å². The van der Waals surface area contributed by atoms with Crippen LogP contribution in [0.4, 0.5) is 5.95 Å². The van der Waals surface area contributed by atoms with Crippen LogP contribution in [0.5, 0.6) is 0 Å². The van der Waals surface area contributed by atoms with Crippen LogP contribution in [0.3, 0.4) is 0 Å². The smallest absolute Gasteiger partial charge is 0.272 e. The molecule has 0 spiro atoms. The van der Waals surface area contributed by atoms with E-state index in [-0.39, 0.29) is 5.91 Å². The van der Waals surface area contributed by atoms with Crippen molar-refractivity contribution in [1.29, 1.82) is 0 Å². The molecule has 2 fully saturated rings. The van der Waals surface area contributed by atoms with Crippen molar-refractivity contribution in [3.63, 3.8) is 0 Å². The molecule has 5 nitrogen and oxygen atoms in total. The Kier molecular flexibility index (Phi) is 5.47. The Morgan fingerprint density at radius 3 is 2.70 bits per heavy atom. The summed E-state index contributed by atoms with van der Waals surface area (Å²) in [6.07, 6.45) is 11.5. The lowest BCUT2D eigenvalue weighted by Gasteiger charge is -2.30. The molecule has 1 aliphatic heterocycles. The van der Waals surface area contributed by atoms with Gasteiger partial charge in [-0.15, -0.1) is 0 Å². The number of hydrogen-bond acceptors (Lipinski definition) is 4. The minimum atomic E-state index is 0.0443. The standard InChI is InChI=1S/C18H28N4O/c1-14-7-6-12-22(13-14)17(23)16-10-11-19-18(21-16)20-15-8-4-2-3-5-9-15/h10-11,14-15H,2-9,12-13H2,1H3,(H,19,20,21). The number of piperidine rings is 1. The van der Waals surface area contributed by atoms with Crippen molar-refractivity contribution in [2.24, 2.45) is 5.92 Å².